The van der Waals surface area contributed by atoms with E-state index in [2.05, 4.69) is 53.5 Å². The zero-order valence-corrected chi connectivity index (χ0v) is 18.7. The Labute approximate surface area is 187 Å². The highest BCUT2D eigenvalue weighted by Gasteiger charge is 2.42. The van der Waals surface area contributed by atoms with Crippen LogP contribution in [0.5, 0.6) is 5.75 Å². The van der Waals surface area contributed by atoms with Gasteiger partial charge in [0.15, 0.2) is 5.84 Å². The number of carbonyl (C=O) groups is 1. The second kappa shape index (κ2) is 7.24. The van der Waals surface area contributed by atoms with E-state index < -0.39 is 0 Å². The van der Waals surface area contributed by atoms with E-state index in [1.807, 2.05) is 42.2 Å². The summed E-state index contributed by atoms with van der Waals surface area (Å²) in [6.07, 6.45) is 0. The molecule has 2 aromatic carbocycles. The molecule has 8 nitrogen and oxygen atoms in total. The maximum Gasteiger partial charge on any atom is 0.262 e. The van der Waals surface area contributed by atoms with Gasteiger partial charge in [0.05, 0.1) is 22.9 Å². The molecule has 1 fully saturated rings. The Morgan fingerprint density at radius 1 is 1.28 bits per heavy atom. The fraction of sp³-hybridized carbons (Fsp3) is 0.375. The lowest BCUT2D eigenvalue weighted by molar-refractivity contribution is -0.122. The Hall–Kier alpha value is -3.57. The van der Waals surface area contributed by atoms with E-state index in [1.165, 1.54) is 0 Å². The number of likely N-dealkylation sites (tertiary alicyclic amines) is 1. The lowest BCUT2D eigenvalue weighted by Crippen LogP contribution is -2.66. The van der Waals surface area contributed by atoms with E-state index >= 15 is 0 Å². The van der Waals surface area contributed by atoms with Crippen LogP contribution in [0.2, 0.25) is 0 Å². The number of nitrogens with one attached hydrogen (secondary N) is 1. The standard InChI is InChI=1S/C24H26N6O2/c1-15-23(31)27-26-22-12-32-21-9-18(17-7-5-16(11-25)6-8-17)19(10-20(21)30(15)22)29(4)24(2)13-28(3)14-24/h5-10,15H,12-14H2,1-4H3,(H,27,31). The molecular formula is C24H26N6O2. The number of carbonyl (C=O) groups excluding carboxylic acids is 1. The van der Waals surface area contributed by atoms with Gasteiger partial charge in [-0.25, -0.2) is 5.43 Å². The summed E-state index contributed by atoms with van der Waals surface area (Å²) in [6.45, 7) is 6.34. The first kappa shape index (κ1) is 20.3. The fourth-order valence-electron chi connectivity index (χ4n) is 4.91. The van der Waals surface area contributed by atoms with Gasteiger partial charge in [0.2, 0.25) is 0 Å². The summed E-state index contributed by atoms with van der Waals surface area (Å²) in [6, 6.07) is 13.6. The Bertz CT molecular complexity index is 1160. The van der Waals surface area contributed by atoms with Gasteiger partial charge in [0.25, 0.3) is 5.91 Å². The molecule has 164 valence electrons. The maximum atomic E-state index is 12.3. The molecule has 32 heavy (non-hydrogen) atoms. The minimum Gasteiger partial charge on any atom is -0.483 e. The number of ether oxygens (including phenoxy) is 1. The summed E-state index contributed by atoms with van der Waals surface area (Å²) in [5.74, 6) is 1.28. The highest BCUT2D eigenvalue weighted by atomic mass is 16.5. The number of hydrogen-bond donors (Lipinski definition) is 1. The number of rotatable bonds is 3. The van der Waals surface area contributed by atoms with Crippen molar-refractivity contribution in [2.75, 3.05) is 43.6 Å². The topological polar surface area (TPSA) is 84.2 Å². The highest BCUT2D eigenvalue weighted by molar-refractivity contribution is 6.10. The van der Waals surface area contributed by atoms with Gasteiger partial charge in [-0.1, -0.05) is 12.1 Å². The van der Waals surface area contributed by atoms with Crippen molar-refractivity contribution >= 4 is 23.1 Å². The minimum atomic E-state index is -0.380. The summed E-state index contributed by atoms with van der Waals surface area (Å²) >= 11 is 0. The molecule has 0 bridgehead atoms. The molecule has 8 heteroatoms. The zero-order chi connectivity index (χ0) is 22.6. The van der Waals surface area contributed by atoms with E-state index in [9.17, 15) is 10.1 Å². The van der Waals surface area contributed by atoms with E-state index in [-0.39, 0.29) is 17.5 Å². The van der Waals surface area contributed by atoms with Crippen LogP contribution in [0.3, 0.4) is 0 Å². The Balaban J connectivity index is 1.67. The number of fused-ring (bicyclic) bond motifs is 3. The van der Waals surface area contributed by atoms with Gasteiger partial charge in [-0.05, 0) is 50.7 Å². The van der Waals surface area contributed by atoms with Crippen molar-refractivity contribution in [1.82, 2.24) is 10.3 Å². The monoisotopic (exact) mass is 430 g/mol. The molecule has 0 spiro atoms. The Kier molecular flexibility index (Phi) is 4.60. The third kappa shape index (κ3) is 3.09. The summed E-state index contributed by atoms with van der Waals surface area (Å²) in [7, 11) is 4.24. The first-order chi connectivity index (χ1) is 15.3. The molecule has 0 aromatic heterocycles. The number of likely N-dealkylation sites (N-methyl/N-ethyl adjacent to an activating group) is 2. The van der Waals surface area contributed by atoms with Gasteiger partial charge < -0.3 is 19.4 Å². The number of amides is 1. The van der Waals surface area contributed by atoms with Crippen LogP contribution in [0.15, 0.2) is 41.5 Å². The highest BCUT2D eigenvalue weighted by Crippen LogP contribution is 2.45. The van der Waals surface area contributed by atoms with Crippen LogP contribution in [-0.4, -0.2) is 62.0 Å². The molecule has 3 aliphatic heterocycles. The smallest absolute Gasteiger partial charge is 0.262 e. The minimum absolute atomic E-state index is 0.0122. The number of amidine groups is 1. The number of hydrazone groups is 1. The van der Waals surface area contributed by atoms with Crippen molar-refractivity contribution in [3.8, 4) is 22.9 Å². The molecule has 1 atom stereocenters. The summed E-state index contributed by atoms with van der Waals surface area (Å²) in [5, 5.41) is 13.4. The normalized spacial score (nSPS) is 21.2. The van der Waals surface area contributed by atoms with Crippen molar-refractivity contribution in [3.63, 3.8) is 0 Å². The third-order valence-corrected chi connectivity index (χ3v) is 6.75. The molecule has 0 radical (unpaired) electrons. The second-order valence-electron chi connectivity index (χ2n) is 9.09. The average Bonchev–Trinajstić information content (AvgIpc) is 2.79. The second-order valence-corrected chi connectivity index (χ2v) is 9.09. The van der Waals surface area contributed by atoms with E-state index in [4.69, 9.17) is 4.74 Å². The van der Waals surface area contributed by atoms with Crippen LogP contribution < -0.4 is 20.0 Å². The van der Waals surface area contributed by atoms with Crippen molar-refractivity contribution < 1.29 is 9.53 Å². The molecule has 0 aliphatic carbocycles. The molecule has 1 unspecified atom stereocenters. The van der Waals surface area contributed by atoms with Crippen molar-refractivity contribution in [2.24, 2.45) is 5.10 Å². The SMILES string of the molecule is CC1C(=O)NN=C2COc3cc(-c4ccc(C#N)cc4)c(N(C)C4(C)CN(C)C4)cc3N21. The van der Waals surface area contributed by atoms with Crippen molar-refractivity contribution in [3.05, 3.63) is 42.0 Å². The molecule has 1 saturated heterocycles. The molecule has 0 saturated carbocycles. The fourth-order valence-corrected chi connectivity index (χ4v) is 4.91. The van der Waals surface area contributed by atoms with Gasteiger partial charge in [-0.15, -0.1) is 0 Å². The first-order valence-corrected chi connectivity index (χ1v) is 10.7. The average molecular weight is 431 g/mol. The van der Waals surface area contributed by atoms with Gasteiger partial charge in [0.1, 0.15) is 18.4 Å². The predicted octanol–water partition coefficient (Wildman–Crippen LogP) is 2.40. The number of nitriles is 1. The largest absolute Gasteiger partial charge is 0.483 e. The molecule has 3 heterocycles. The van der Waals surface area contributed by atoms with Crippen LogP contribution in [0.1, 0.15) is 19.4 Å². The molecular weight excluding hydrogens is 404 g/mol. The zero-order valence-electron chi connectivity index (χ0n) is 18.7. The Morgan fingerprint density at radius 3 is 2.66 bits per heavy atom. The van der Waals surface area contributed by atoms with E-state index in [0.29, 0.717) is 18.0 Å². The summed E-state index contributed by atoms with van der Waals surface area (Å²) in [5.41, 5.74) is 7.12. The molecule has 3 aliphatic rings. The van der Waals surface area contributed by atoms with E-state index in [0.717, 1.165) is 41.3 Å². The number of anilines is 2. The van der Waals surface area contributed by atoms with Crippen LogP contribution in [-0.2, 0) is 4.79 Å². The van der Waals surface area contributed by atoms with Gasteiger partial charge in [0, 0.05) is 31.4 Å². The maximum absolute atomic E-state index is 12.3. The third-order valence-electron chi connectivity index (χ3n) is 6.75. The van der Waals surface area contributed by atoms with Crippen molar-refractivity contribution in [2.45, 2.75) is 25.4 Å². The van der Waals surface area contributed by atoms with Crippen LogP contribution in [0, 0.1) is 11.3 Å². The summed E-state index contributed by atoms with van der Waals surface area (Å²) in [4.78, 5) is 18.9. The Morgan fingerprint density at radius 2 is 2.00 bits per heavy atom. The van der Waals surface area contributed by atoms with E-state index in [1.54, 1.807) is 0 Å². The van der Waals surface area contributed by atoms with Gasteiger partial charge in [-0.2, -0.15) is 10.4 Å². The first-order valence-electron chi connectivity index (χ1n) is 10.7. The van der Waals surface area contributed by atoms with Gasteiger partial charge >= 0.3 is 0 Å². The van der Waals surface area contributed by atoms with Crippen molar-refractivity contribution in [1.29, 1.82) is 5.26 Å². The molecule has 2 aromatic rings. The lowest BCUT2D eigenvalue weighted by atomic mass is 9.89. The van der Waals surface area contributed by atoms with Crippen LogP contribution >= 0.6 is 0 Å². The number of benzene rings is 2. The molecule has 1 N–H and O–H groups in total. The number of nitrogens with zero attached hydrogens (tertiary/aromatic N) is 5. The predicted molar refractivity (Wildman–Crippen MR) is 124 cm³/mol. The number of hydrogen-bond acceptors (Lipinski definition) is 7. The quantitative estimate of drug-likeness (QED) is 0.805. The van der Waals surface area contributed by atoms with Crippen LogP contribution in [0.4, 0.5) is 11.4 Å². The summed E-state index contributed by atoms with van der Waals surface area (Å²) < 4.78 is 6.06. The molecule has 5 rings (SSSR count). The van der Waals surface area contributed by atoms with Gasteiger partial charge in [-0.3, -0.25) is 4.79 Å². The van der Waals surface area contributed by atoms with Crippen LogP contribution in [0.25, 0.3) is 11.1 Å². The lowest BCUT2D eigenvalue weighted by Gasteiger charge is -2.53. The molecule has 1 amide bonds.